The summed E-state index contributed by atoms with van der Waals surface area (Å²) in [4.78, 5) is 26.4. The highest BCUT2D eigenvalue weighted by atomic mass is 16.2. The zero-order valence-corrected chi connectivity index (χ0v) is 20.4. The van der Waals surface area contributed by atoms with E-state index in [1.165, 1.54) is 0 Å². The Kier molecular flexibility index (Phi) is 7.16. The molecule has 1 unspecified atom stereocenters. The van der Waals surface area contributed by atoms with Crippen LogP contribution in [0.2, 0.25) is 0 Å². The van der Waals surface area contributed by atoms with Gasteiger partial charge in [0.1, 0.15) is 6.04 Å². The minimum Gasteiger partial charge on any atom is -0.368 e. The highest BCUT2D eigenvalue weighted by Crippen LogP contribution is 2.38. The Morgan fingerprint density at radius 1 is 1.29 bits per heavy atom. The summed E-state index contributed by atoms with van der Waals surface area (Å²) in [5, 5.41) is 14.5. The number of carbonyl (C=O) groups excluding carboxylic acids is 2. The molecule has 1 aliphatic heterocycles. The molecule has 0 saturated carbocycles. The summed E-state index contributed by atoms with van der Waals surface area (Å²) < 4.78 is 8.03. The van der Waals surface area contributed by atoms with Gasteiger partial charge in [0.25, 0.3) is 0 Å². The highest BCUT2D eigenvalue weighted by molar-refractivity contribution is 5.88. The van der Waals surface area contributed by atoms with Gasteiger partial charge in [-0.1, -0.05) is 43.7 Å². The molecule has 3 aromatic rings. The molecular weight excluding hydrogens is 440 g/mol. The Morgan fingerprint density at radius 2 is 2.06 bits per heavy atom. The van der Waals surface area contributed by atoms with Crippen molar-refractivity contribution in [3.63, 3.8) is 0 Å². The molecular formula is C27H33N6O2. The number of carbonyl (C=O) groups is 2. The summed E-state index contributed by atoms with van der Waals surface area (Å²) in [7, 11) is 0. The van der Waals surface area contributed by atoms with E-state index >= 15 is 0 Å². The van der Waals surface area contributed by atoms with Gasteiger partial charge in [-0.05, 0) is 89.8 Å². The Labute approximate surface area is 207 Å². The van der Waals surface area contributed by atoms with E-state index in [-0.39, 0.29) is 18.7 Å². The van der Waals surface area contributed by atoms with Crippen molar-refractivity contribution in [2.45, 2.75) is 64.8 Å². The molecule has 0 aliphatic carbocycles. The maximum Gasteiger partial charge on any atom is 0.240 e. The molecule has 1 saturated heterocycles. The third-order valence-corrected chi connectivity index (χ3v) is 6.87. The van der Waals surface area contributed by atoms with Crippen LogP contribution in [-0.2, 0) is 22.4 Å². The van der Waals surface area contributed by atoms with E-state index in [2.05, 4.69) is 40.5 Å². The number of primary amides is 1. The summed E-state index contributed by atoms with van der Waals surface area (Å²) in [6, 6.07) is 9.53. The second-order valence-electron chi connectivity index (χ2n) is 9.06. The number of tetrazole rings is 1. The summed E-state index contributed by atoms with van der Waals surface area (Å²) in [5.41, 5.74) is 12.5. The number of H-pyrrole nitrogens is 1. The molecule has 183 valence electrons. The summed E-state index contributed by atoms with van der Waals surface area (Å²) >= 11 is 0. The largest absolute Gasteiger partial charge is 0.368 e. The number of nitrogens with one attached hydrogen (secondary N) is 1. The SMILES string of the molecule is [3H]C(C)CCc1cc([CH2])c(CCC(=O)N2CCC[C@H]2C(N)=O)c(C)c1-c1ccccc1-c1nnn[nH]1. The fraction of sp³-hybridized carbons (Fsp3) is 0.407. The van der Waals surface area contributed by atoms with Gasteiger partial charge >= 0.3 is 0 Å². The Balaban J connectivity index is 1.72. The number of likely N-dealkylation sites (tertiary alicyclic amines) is 1. The first kappa shape index (κ1) is 23.2. The van der Waals surface area contributed by atoms with Crippen molar-refractivity contribution >= 4 is 11.8 Å². The fourth-order valence-electron chi connectivity index (χ4n) is 5.14. The summed E-state index contributed by atoms with van der Waals surface area (Å²) in [5.74, 6) is 0.0762. The molecule has 8 nitrogen and oxygen atoms in total. The lowest BCUT2D eigenvalue weighted by atomic mass is 9.84. The van der Waals surface area contributed by atoms with E-state index in [1.54, 1.807) is 4.90 Å². The second kappa shape index (κ2) is 10.8. The van der Waals surface area contributed by atoms with E-state index in [0.29, 0.717) is 25.2 Å². The minimum absolute atomic E-state index is 0.0584. The van der Waals surface area contributed by atoms with Gasteiger partial charge in [-0.15, -0.1) is 5.10 Å². The lowest BCUT2D eigenvalue weighted by Gasteiger charge is -2.24. The predicted octanol–water partition coefficient (Wildman–Crippen LogP) is 3.78. The van der Waals surface area contributed by atoms with Gasteiger partial charge in [-0.2, -0.15) is 0 Å². The van der Waals surface area contributed by atoms with E-state index in [4.69, 9.17) is 7.10 Å². The van der Waals surface area contributed by atoms with E-state index in [0.717, 1.165) is 58.2 Å². The number of nitrogens with zero attached hydrogens (tertiary/aromatic N) is 4. The minimum atomic E-state index is -0.509. The number of hydrogen-bond acceptors (Lipinski definition) is 5. The first-order valence-corrected chi connectivity index (χ1v) is 12.1. The van der Waals surface area contributed by atoms with E-state index in [1.807, 2.05) is 31.2 Å². The average Bonchev–Trinajstić information content (AvgIpc) is 3.55. The number of benzene rings is 2. The van der Waals surface area contributed by atoms with Crippen molar-refractivity contribution in [2.75, 3.05) is 6.54 Å². The van der Waals surface area contributed by atoms with Gasteiger partial charge in [-0.3, -0.25) is 9.59 Å². The smallest absolute Gasteiger partial charge is 0.240 e. The van der Waals surface area contributed by atoms with Gasteiger partial charge in [-0.25, -0.2) is 5.10 Å². The van der Waals surface area contributed by atoms with Crippen molar-refractivity contribution in [1.82, 2.24) is 25.5 Å². The van der Waals surface area contributed by atoms with Gasteiger partial charge in [0.2, 0.25) is 11.8 Å². The van der Waals surface area contributed by atoms with Crippen LogP contribution in [0.15, 0.2) is 30.3 Å². The maximum atomic E-state index is 13.0. The number of aryl methyl sites for hydroxylation is 1. The molecule has 1 aromatic heterocycles. The molecule has 3 N–H and O–H groups in total. The van der Waals surface area contributed by atoms with Gasteiger partial charge in [0.15, 0.2) is 5.82 Å². The van der Waals surface area contributed by atoms with Crippen LogP contribution in [-0.4, -0.2) is 49.9 Å². The average molecular weight is 476 g/mol. The van der Waals surface area contributed by atoms with Gasteiger partial charge in [0.05, 0.1) is 0 Å². The molecule has 0 bridgehead atoms. The third-order valence-electron chi connectivity index (χ3n) is 6.87. The summed E-state index contributed by atoms with van der Waals surface area (Å²) in [6.45, 7) is 8.83. The summed E-state index contributed by atoms with van der Waals surface area (Å²) in [6.07, 6.45) is 3.49. The molecule has 2 atom stereocenters. The van der Waals surface area contributed by atoms with E-state index < -0.39 is 11.9 Å². The van der Waals surface area contributed by atoms with Crippen LogP contribution in [0.25, 0.3) is 22.5 Å². The monoisotopic (exact) mass is 475 g/mol. The normalized spacial score (nSPS) is 16.8. The maximum absolute atomic E-state index is 13.0. The van der Waals surface area contributed by atoms with Crippen LogP contribution < -0.4 is 5.73 Å². The van der Waals surface area contributed by atoms with Gasteiger partial charge in [0, 0.05) is 19.9 Å². The zero-order chi connectivity index (χ0) is 25.8. The Bertz CT molecular complexity index is 1240. The number of hydrogen-bond donors (Lipinski definition) is 2. The molecule has 2 aromatic carbocycles. The fourth-order valence-corrected chi connectivity index (χ4v) is 5.14. The lowest BCUT2D eigenvalue weighted by Crippen LogP contribution is -2.43. The first-order chi connectivity index (χ1) is 17.3. The molecule has 1 aliphatic rings. The molecule has 8 heteroatoms. The number of rotatable bonds is 9. The Hall–Kier alpha value is -3.55. The first-order valence-electron chi connectivity index (χ1n) is 12.7. The molecule has 4 rings (SSSR count). The quantitative estimate of drug-likeness (QED) is 0.488. The number of aromatic amines is 1. The molecule has 0 spiro atoms. The van der Waals surface area contributed by atoms with Crippen molar-refractivity contribution < 1.29 is 11.0 Å². The van der Waals surface area contributed by atoms with Gasteiger partial charge < -0.3 is 10.6 Å². The van der Waals surface area contributed by atoms with Crippen molar-refractivity contribution in [3.05, 3.63) is 59.5 Å². The van der Waals surface area contributed by atoms with Crippen molar-refractivity contribution in [2.24, 2.45) is 5.73 Å². The van der Waals surface area contributed by atoms with Crippen LogP contribution in [0.4, 0.5) is 0 Å². The standard InChI is InChI=1S/C27H33N6O2/c1-4-5-9-19-16-17(2)20(13-14-24(34)33-15-8-12-23(33)26(28)35)18(3)25(19)21-10-6-7-11-22(21)27-29-31-32-30-27/h6-7,10-11,16,23H,2,4-5,8-9,12-15H2,1,3H3,(H2,28,35)(H,29,30,31,32)/t23-/m0/s1/i4T/t4?,23-. The van der Waals surface area contributed by atoms with E-state index in [9.17, 15) is 9.59 Å². The number of nitrogens with two attached hydrogens (primary N) is 1. The van der Waals surface area contributed by atoms with Crippen LogP contribution in [0.3, 0.4) is 0 Å². The van der Waals surface area contributed by atoms with Crippen LogP contribution in [0.1, 0.15) is 62.6 Å². The molecule has 35 heavy (non-hydrogen) atoms. The second-order valence-corrected chi connectivity index (χ2v) is 9.06. The molecule has 1 radical (unpaired) electrons. The van der Waals surface area contributed by atoms with Crippen molar-refractivity contribution in [3.8, 4) is 22.5 Å². The third kappa shape index (κ3) is 5.11. The number of aromatic nitrogens is 4. The van der Waals surface area contributed by atoms with Crippen molar-refractivity contribution in [1.29, 1.82) is 0 Å². The van der Waals surface area contributed by atoms with Crippen LogP contribution in [0, 0.1) is 13.8 Å². The lowest BCUT2D eigenvalue weighted by molar-refractivity contribution is -0.137. The molecule has 2 amide bonds. The number of amides is 2. The Morgan fingerprint density at radius 3 is 2.74 bits per heavy atom. The van der Waals surface area contributed by atoms with Crippen LogP contribution in [0.5, 0.6) is 0 Å². The highest BCUT2D eigenvalue weighted by Gasteiger charge is 2.32. The zero-order valence-electron chi connectivity index (χ0n) is 21.4. The predicted molar refractivity (Wildman–Crippen MR) is 135 cm³/mol. The molecule has 1 fully saturated rings. The van der Waals surface area contributed by atoms with Crippen LogP contribution >= 0.6 is 0 Å². The topological polar surface area (TPSA) is 118 Å². The molecule has 2 heterocycles.